The van der Waals surface area contributed by atoms with Crippen molar-refractivity contribution < 1.29 is 24.1 Å². The van der Waals surface area contributed by atoms with Crippen molar-refractivity contribution in [3.63, 3.8) is 0 Å². The third kappa shape index (κ3) is 2.32. The van der Waals surface area contributed by atoms with Crippen LogP contribution in [0.2, 0.25) is 0 Å². The minimum absolute atomic E-state index is 0.0531. The van der Waals surface area contributed by atoms with Crippen LogP contribution in [0.25, 0.3) is 10.8 Å². The van der Waals surface area contributed by atoms with Crippen molar-refractivity contribution in [3.05, 3.63) is 42.0 Å². The normalized spacial score (nSPS) is 27.0. The number of hydrogen-bond donors (Lipinski definition) is 1. The Morgan fingerprint density at radius 2 is 1.95 bits per heavy atom. The van der Waals surface area contributed by atoms with Crippen LogP contribution in [0.5, 0.6) is 5.75 Å². The number of phenolic OH excluding ortho intramolecular Hbond substituents is 1. The number of phenols is 1. The summed E-state index contributed by atoms with van der Waals surface area (Å²) in [7, 11) is 0. The van der Waals surface area contributed by atoms with E-state index in [0.29, 0.717) is 18.8 Å². The molecule has 0 radical (unpaired) electrons. The molecule has 0 aromatic heterocycles. The molecule has 5 nitrogen and oxygen atoms in total. The Kier molecular flexibility index (Phi) is 3.24. The number of benzene rings is 2. The lowest BCUT2D eigenvalue weighted by Gasteiger charge is -2.16. The number of hydrogen-bond acceptors (Lipinski definition) is 5. The molecule has 0 aliphatic carbocycles. The third-order valence-electron chi connectivity index (χ3n) is 4.24. The van der Waals surface area contributed by atoms with Gasteiger partial charge in [0.25, 0.3) is 0 Å². The highest BCUT2D eigenvalue weighted by molar-refractivity contribution is 5.95. The summed E-state index contributed by atoms with van der Waals surface area (Å²) in [6, 6.07) is 10.3. The predicted molar refractivity (Wildman–Crippen MR) is 78.9 cm³/mol. The second-order valence-corrected chi connectivity index (χ2v) is 5.69. The van der Waals surface area contributed by atoms with Crippen LogP contribution in [0.3, 0.4) is 0 Å². The average Bonchev–Trinajstić information content (AvgIpc) is 3.11. The first kappa shape index (κ1) is 13.5. The SMILES string of the molecule is O=C(O[C@@H]1CO[C@@H]2CCO[C@@H]21)c1ccc2cc(O)ccc2c1. The second-order valence-electron chi connectivity index (χ2n) is 5.69. The van der Waals surface area contributed by atoms with Gasteiger partial charge in [0, 0.05) is 6.61 Å². The van der Waals surface area contributed by atoms with E-state index in [2.05, 4.69) is 0 Å². The van der Waals surface area contributed by atoms with Crippen molar-refractivity contribution in [1.29, 1.82) is 0 Å². The Balaban J connectivity index is 1.54. The topological polar surface area (TPSA) is 65.0 Å². The Morgan fingerprint density at radius 1 is 1.14 bits per heavy atom. The monoisotopic (exact) mass is 300 g/mol. The predicted octanol–water partition coefficient (Wildman–Crippen LogP) is 2.26. The summed E-state index contributed by atoms with van der Waals surface area (Å²) in [4.78, 5) is 12.3. The number of fused-ring (bicyclic) bond motifs is 2. The highest BCUT2D eigenvalue weighted by atomic mass is 16.6. The molecule has 5 heteroatoms. The van der Waals surface area contributed by atoms with Crippen LogP contribution < -0.4 is 0 Å². The Bertz CT molecular complexity index is 726. The van der Waals surface area contributed by atoms with Gasteiger partial charge < -0.3 is 19.3 Å². The van der Waals surface area contributed by atoms with Crippen LogP contribution in [0, 0.1) is 0 Å². The minimum atomic E-state index is -0.375. The molecule has 2 aromatic rings. The van der Waals surface area contributed by atoms with Crippen molar-refractivity contribution in [1.82, 2.24) is 0 Å². The number of aromatic hydroxyl groups is 1. The molecular formula is C17H16O5. The Labute approximate surface area is 127 Å². The van der Waals surface area contributed by atoms with E-state index in [0.717, 1.165) is 17.2 Å². The number of rotatable bonds is 2. The number of carbonyl (C=O) groups excluding carboxylic acids is 1. The first-order valence-corrected chi connectivity index (χ1v) is 7.38. The van der Waals surface area contributed by atoms with Gasteiger partial charge in [0.05, 0.1) is 18.3 Å². The molecule has 2 aliphatic rings. The van der Waals surface area contributed by atoms with Gasteiger partial charge in [0.2, 0.25) is 0 Å². The number of esters is 1. The van der Waals surface area contributed by atoms with E-state index >= 15 is 0 Å². The summed E-state index contributed by atoms with van der Waals surface area (Å²) >= 11 is 0. The summed E-state index contributed by atoms with van der Waals surface area (Å²) in [6.07, 6.45) is 0.437. The lowest BCUT2D eigenvalue weighted by Crippen LogP contribution is -2.32. The highest BCUT2D eigenvalue weighted by Gasteiger charge is 2.44. The van der Waals surface area contributed by atoms with Gasteiger partial charge in [0.15, 0.2) is 6.10 Å². The molecule has 22 heavy (non-hydrogen) atoms. The van der Waals surface area contributed by atoms with Crippen LogP contribution in [0.4, 0.5) is 0 Å². The molecule has 0 amide bonds. The Hall–Kier alpha value is -2.11. The van der Waals surface area contributed by atoms with Crippen LogP contribution >= 0.6 is 0 Å². The maximum atomic E-state index is 12.3. The summed E-state index contributed by atoms with van der Waals surface area (Å²) < 4.78 is 16.7. The summed E-state index contributed by atoms with van der Waals surface area (Å²) in [5.74, 6) is -0.171. The fraction of sp³-hybridized carbons (Fsp3) is 0.353. The van der Waals surface area contributed by atoms with Crippen LogP contribution in [0.15, 0.2) is 36.4 Å². The maximum absolute atomic E-state index is 12.3. The first-order chi connectivity index (χ1) is 10.7. The molecule has 1 N–H and O–H groups in total. The molecule has 2 heterocycles. The molecule has 4 rings (SSSR count). The van der Waals surface area contributed by atoms with Crippen molar-refractivity contribution in [2.75, 3.05) is 13.2 Å². The lowest BCUT2D eigenvalue weighted by atomic mass is 10.1. The molecule has 0 unspecified atom stereocenters. The first-order valence-electron chi connectivity index (χ1n) is 7.38. The quantitative estimate of drug-likeness (QED) is 0.862. The van der Waals surface area contributed by atoms with Gasteiger partial charge >= 0.3 is 5.97 Å². The zero-order valence-electron chi connectivity index (χ0n) is 11.9. The molecule has 114 valence electrons. The number of carbonyl (C=O) groups is 1. The van der Waals surface area contributed by atoms with Gasteiger partial charge in [-0.2, -0.15) is 0 Å². The zero-order chi connectivity index (χ0) is 15.1. The van der Waals surface area contributed by atoms with Crippen molar-refractivity contribution in [3.8, 4) is 5.75 Å². The Morgan fingerprint density at radius 3 is 2.86 bits per heavy atom. The van der Waals surface area contributed by atoms with E-state index in [1.54, 1.807) is 36.4 Å². The summed E-state index contributed by atoms with van der Waals surface area (Å²) in [5, 5.41) is 11.2. The standard InChI is InChI=1S/C17H16O5/c18-13-4-3-10-7-12(2-1-11(10)8-13)17(19)22-15-9-21-14-5-6-20-16(14)15/h1-4,7-8,14-16,18H,5-6,9H2/t14-,15-,16+/m1/s1. The molecule has 2 saturated heterocycles. The lowest BCUT2D eigenvalue weighted by molar-refractivity contribution is -0.0147. The van der Waals surface area contributed by atoms with Crippen LogP contribution in [-0.2, 0) is 14.2 Å². The van der Waals surface area contributed by atoms with E-state index in [-0.39, 0.29) is 30.0 Å². The largest absolute Gasteiger partial charge is 0.508 e. The summed E-state index contributed by atoms with van der Waals surface area (Å²) in [5.41, 5.74) is 0.486. The summed E-state index contributed by atoms with van der Waals surface area (Å²) in [6.45, 7) is 1.05. The molecule has 0 spiro atoms. The minimum Gasteiger partial charge on any atom is -0.508 e. The van der Waals surface area contributed by atoms with E-state index in [4.69, 9.17) is 14.2 Å². The highest BCUT2D eigenvalue weighted by Crippen LogP contribution is 2.29. The van der Waals surface area contributed by atoms with Gasteiger partial charge in [-0.1, -0.05) is 12.1 Å². The fourth-order valence-electron chi connectivity index (χ4n) is 3.10. The van der Waals surface area contributed by atoms with Crippen molar-refractivity contribution >= 4 is 16.7 Å². The third-order valence-corrected chi connectivity index (χ3v) is 4.24. The van der Waals surface area contributed by atoms with Gasteiger partial charge in [-0.05, 0) is 41.5 Å². The van der Waals surface area contributed by atoms with E-state index < -0.39 is 0 Å². The van der Waals surface area contributed by atoms with E-state index in [1.165, 1.54) is 0 Å². The second kappa shape index (κ2) is 5.26. The van der Waals surface area contributed by atoms with Crippen molar-refractivity contribution in [2.24, 2.45) is 0 Å². The van der Waals surface area contributed by atoms with Gasteiger partial charge in [-0.15, -0.1) is 0 Å². The van der Waals surface area contributed by atoms with Crippen molar-refractivity contribution in [2.45, 2.75) is 24.7 Å². The fourth-order valence-corrected chi connectivity index (χ4v) is 3.10. The van der Waals surface area contributed by atoms with E-state index in [9.17, 15) is 9.90 Å². The van der Waals surface area contributed by atoms with Crippen LogP contribution in [0.1, 0.15) is 16.8 Å². The van der Waals surface area contributed by atoms with Gasteiger partial charge in [-0.3, -0.25) is 0 Å². The van der Waals surface area contributed by atoms with Gasteiger partial charge in [0.1, 0.15) is 11.9 Å². The molecule has 2 aliphatic heterocycles. The molecule has 0 bridgehead atoms. The van der Waals surface area contributed by atoms with Crippen LogP contribution in [-0.4, -0.2) is 42.6 Å². The molecule has 3 atom stereocenters. The molecular weight excluding hydrogens is 284 g/mol. The van der Waals surface area contributed by atoms with E-state index in [1.807, 2.05) is 0 Å². The zero-order valence-corrected chi connectivity index (χ0v) is 11.9. The smallest absolute Gasteiger partial charge is 0.338 e. The molecule has 2 aromatic carbocycles. The molecule has 0 saturated carbocycles. The number of ether oxygens (including phenoxy) is 3. The van der Waals surface area contributed by atoms with Gasteiger partial charge in [-0.25, -0.2) is 4.79 Å². The average molecular weight is 300 g/mol. The maximum Gasteiger partial charge on any atom is 0.338 e. The molecule has 2 fully saturated rings.